The molecule has 0 spiro atoms. The zero-order chi connectivity index (χ0) is 11.1. The molecule has 0 amide bonds. The van der Waals surface area contributed by atoms with Crippen LogP contribution in [-0.4, -0.2) is 13.1 Å². The zero-order valence-corrected chi connectivity index (χ0v) is 9.79. The standard InChI is InChI=1S/C13H22N2/c1-11-3-5-13(6-4-11)10-15-9-12(2)7-8-14/h3-6,12,15H,7-10,14H2,1-2H3. The second-order valence-electron chi connectivity index (χ2n) is 4.30. The average molecular weight is 206 g/mol. The SMILES string of the molecule is Cc1ccc(CNCC(C)CCN)cc1. The number of nitrogens with two attached hydrogens (primary N) is 1. The first-order chi connectivity index (χ1) is 7.22. The van der Waals surface area contributed by atoms with Crippen LogP contribution in [0.25, 0.3) is 0 Å². The molecule has 1 atom stereocenters. The van der Waals surface area contributed by atoms with Crippen LogP contribution in [0.4, 0.5) is 0 Å². The van der Waals surface area contributed by atoms with Gasteiger partial charge in [0, 0.05) is 6.54 Å². The van der Waals surface area contributed by atoms with Gasteiger partial charge in [-0.3, -0.25) is 0 Å². The Hall–Kier alpha value is -0.860. The molecule has 0 aliphatic carbocycles. The summed E-state index contributed by atoms with van der Waals surface area (Å²) in [6.45, 7) is 7.13. The van der Waals surface area contributed by atoms with Gasteiger partial charge in [0.1, 0.15) is 0 Å². The smallest absolute Gasteiger partial charge is 0.0205 e. The van der Waals surface area contributed by atoms with Crippen molar-refractivity contribution >= 4 is 0 Å². The molecule has 0 bridgehead atoms. The third-order valence-corrected chi connectivity index (χ3v) is 2.60. The second kappa shape index (κ2) is 6.59. The van der Waals surface area contributed by atoms with Gasteiger partial charge in [0.05, 0.1) is 0 Å². The lowest BCUT2D eigenvalue weighted by molar-refractivity contribution is 0.486. The Balaban J connectivity index is 2.22. The normalized spacial score (nSPS) is 12.7. The number of hydrogen-bond donors (Lipinski definition) is 2. The molecule has 0 aliphatic heterocycles. The number of benzene rings is 1. The molecule has 0 fully saturated rings. The summed E-state index contributed by atoms with van der Waals surface area (Å²) in [6, 6.07) is 8.66. The number of aryl methyl sites for hydroxylation is 1. The van der Waals surface area contributed by atoms with Crippen LogP contribution in [0.2, 0.25) is 0 Å². The van der Waals surface area contributed by atoms with Crippen molar-refractivity contribution in [1.29, 1.82) is 0 Å². The number of rotatable bonds is 6. The Bertz CT molecular complexity index is 266. The van der Waals surface area contributed by atoms with Crippen LogP contribution in [0.3, 0.4) is 0 Å². The summed E-state index contributed by atoms with van der Waals surface area (Å²) in [5, 5.41) is 3.45. The van der Waals surface area contributed by atoms with Crippen LogP contribution in [0.5, 0.6) is 0 Å². The topological polar surface area (TPSA) is 38.0 Å². The maximum atomic E-state index is 5.50. The van der Waals surface area contributed by atoms with Gasteiger partial charge in [-0.2, -0.15) is 0 Å². The Kier molecular flexibility index (Phi) is 5.37. The molecule has 0 saturated heterocycles. The third kappa shape index (κ3) is 4.96. The van der Waals surface area contributed by atoms with Crippen molar-refractivity contribution in [3.63, 3.8) is 0 Å². The first kappa shape index (κ1) is 12.2. The minimum atomic E-state index is 0.667. The molecule has 1 aromatic carbocycles. The number of nitrogens with one attached hydrogen (secondary N) is 1. The maximum absolute atomic E-state index is 5.50. The molecule has 1 rings (SSSR count). The van der Waals surface area contributed by atoms with Crippen molar-refractivity contribution in [3.05, 3.63) is 35.4 Å². The lowest BCUT2D eigenvalue weighted by Gasteiger charge is -2.11. The molecule has 2 heteroatoms. The fourth-order valence-electron chi connectivity index (χ4n) is 1.56. The highest BCUT2D eigenvalue weighted by atomic mass is 14.9. The average Bonchev–Trinajstić information content (AvgIpc) is 2.21. The fourth-order valence-corrected chi connectivity index (χ4v) is 1.56. The predicted octanol–water partition coefficient (Wildman–Crippen LogP) is 2.07. The van der Waals surface area contributed by atoms with E-state index < -0.39 is 0 Å². The molecular formula is C13H22N2. The molecule has 0 saturated carbocycles. The highest BCUT2D eigenvalue weighted by Gasteiger charge is 1.99. The minimum absolute atomic E-state index is 0.667. The molecule has 84 valence electrons. The summed E-state index contributed by atoms with van der Waals surface area (Å²) in [7, 11) is 0. The van der Waals surface area contributed by atoms with Gasteiger partial charge in [-0.05, 0) is 37.9 Å². The first-order valence-electron chi connectivity index (χ1n) is 5.68. The summed E-state index contributed by atoms with van der Waals surface area (Å²) in [4.78, 5) is 0. The van der Waals surface area contributed by atoms with Gasteiger partial charge in [0.25, 0.3) is 0 Å². The van der Waals surface area contributed by atoms with E-state index in [1.807, 2.05) is 0 Å². The van der Waals surface area contributed by atoms with Crippen molar-refractivity contribution in [1.82, 2.24) is 5.32 Å². The first-order valence-corrected chi connectivity index (χ1v) is 5.68. The zero-order valence-electron chi connectivity index (χ0n) is 9.79. The van der Waals surface area contributed by atoms with Gasteiger partial charge >= 0.3 is 0 Å². The van der Waals surface area contributed by atoms with Gasteiger partial charge in [-0.15, -0.1) is 0 Å². The van der Waals surface area contributed by atoms with Crippen LogP contribution in [0, 0.1) is 12.8 Å². The molecule has 1 unspecified atom stereocenters. The molecule has 0 heterocycles. The molecule has 0 radical (unpaired) electrons. The summed E-state index contributed by atoms with van der Waals surface area (Å²) < 4.78 is 0. The van der Waals surface area contributed by atoms with Crippen molar-refractivity contribution in [2.45, 2.75) is 26.8 Å². The van der Waals surface area contributed by atoms with Gasteiger partial charge in [0.2, 0.25) is 0 Å². The highest BCUT2D eigenvalue weighted by molar-refractivity contribution is 5.20. The summed E-state index contributed by atoms with van der Waals surface area (Å²) in [6.07, 6.45) is 1.10. The predicted molar refractivity (Wildman–Crippen MR) is 65.7 cm³/mol. The van der Waals surface area contributed by atoms with Crippen molar-refractivity contribution < 1.29 is 0 Å². The van der Waals surface area contributed by atoms with E-state index in [0.29, 0.717) is 5.92 Å². The minimum Gasteiger partial charge on any atom is -0.330 e. The Labute approximate surface area is 92.9 Å². The quantitative estimate of drug-likeness (QED) is 0.748. The molecule has 1 aromatic rings. The van der Waals surface area contributed by atoms with Crippen molar-refractivity contribution in [3.8, 4) is 0 Å². The molecule has 2 nitrogen and oxygen atoms in total. The van der Waals surface area contributed by atoms with Gasteiger partial charge in [-0.25, -0.2) is 0 Å². The fraction of sp³-hybridized carbons (Fsp3) is 0.538. The number of hydrogen-bond acceptors (Lipinski definition) is 2. The molecule has 3 N–H and O–H groups in total. The molecule has 15 heavy (non-hydrogen) atoms. The van der Waals surface area contributed by atoms with E-state index in [-0.39, 0.29) is 0 Å². The molecule has 0 aromatic heterocycles. The van der Waals surface area contributed by atoms with Crippen LogP contribution < -0.4 is 11.1 Å². The summed E-state index contributed by atoms with van der Waals surface area (Å²) in [5.74, 6) is 0.667. The van der Waals surface area contributed by atoms with Crippen LogP contribution >= 0.6 is 0 Å². The Morgan fingerprint density at radius 2 is 1.93 bits per heavy atom. The van der Waals surface area contributed by atoms with Gasteiger partial charge in [0.15, 0.2) is 0 Å². The lowest BCUT2D eigenvalue weighted by Crippen LogP contribution is -2.22. The largest absolute Gasteiger partial charge is 0.330 e. The van der Waals surface area contributed by atoms with Gasteiger partial charge < -0.3 is 11.1 Å². The highest BCUT2D eigenvalue weighted by Crippen LogP contribution is 2.03. The van der Waals surface area contributed by atoms with E-state index >= 15 is 0 Å². The summed E-state index contributed by atoms with van der Waals surface area (Å²) in [5.41, 5.74) is 8.16. The van der Waals surface area contributed by atoms with E-state index in [1.54, 1.807) is 0 Å². The summed E-state index contributed by atoms with van der Waals surface area (Å²) >= 11 is 0. The lowest BCUT2D eigenvalue weighted by atomic mass is 10.1. The monoisotopic (exact) mass is 206 g/mol. The van der Waals surface area contributed by atoms with Gasteiger partial charge in [-0.1, -0.05) is 36.8 Å². The molecule has 0 aliphatic rings. The van der Waals surface area contributed by atoms with E-state index in [4.69, 9.17) is 5.73 Å². The maximum Gasteiger partial charge on any atom is 0.0205 e. The van der Waals surface area contributed by atoms with Crippen LogP contribution in [0.15, 0.2) is 24.3 Å². The Morgan fingerprint density at radius 1 is 1.27 bits per heavy atom. The van der Waals surface area contributed by atoms with E-state index in [2.05, 4.69) is 43.4 Å². The van der Waals surface area contributed by atoms with E-state index in [1.165, 1.54) is 11.1 Å². The van der Waals surface area contributed by atoms with Crippen LogP contribution in [-0.2, 0) is 6.54 Å². The third-order valence-electron chi connectivity index (χ3n) is 2.60. The van der Waals surface area contributed by atoms with Crippen LogP contribution in [0.1, 0.15) is 24.5 Å². The van der Waals surface area contributed by atoms with E-state index in [0.717, 1.165) is 26.1 Å². The Morgan fingerprint density at radius 3 is 2.53 bits per heavy atom. The second-order valence-corrected chi connectivity index (χ2v) is 4.30. The molecular weight excluding hydrogens is 184 g/mol. The van der Waals surface area contributed by atoms with E-state index in [9.17, 15) is 0 Å². The van der Waals surface area contributed by atoms with Crippen molar-refractivity contribution in [2.24, 2.45) is 11.7 Å². The van der Waals surface area contributed by atoms with Crippen molar-refractivity contribution in [2.75, 3.05) is 13.1 Å².